The van der Waals surface area contributed by atoms with Crippen molar-refractivity contribution in [2.45, 2.75) is 64.3 Å². The summed E-state index contributed by atoms with van der Waals surface area (Å²) in [4.78, 5) is 24.2. The molecular weight excluding hydrogens is 516 g/mol. The van der Waals surface area contributed by atoms with Crippen molar-refractivity contribution in [3.8, 4) is 11.5 Å². The summed E-state index contributed by atoms with van der Waals surface area (Å²) in [6.45, 7) is 7.69. The number of carbonyl (C=O) groups is 2. The molecule has 9 heteroatoms. The van der Waals surface area contributed by atoms with Gasteiger partial charge in [0.1, 0.15) is 29.1 Å². The number of halogens is 1. The van der Waals surface area contributed by atoms with Gasteiger partial charge in [-0.3, -0.25) is 9.59 Å². The van der Waals surface area contributed by atoms with Crippen molar-refractivity contribution in [3.63, 3.8) is 0 Å². The first-order chi connectivity index (χ1) is 17.7. The first-order valence-corrected chi connectivity index (χ1v) is 14.1. The number of esters is 2. The molecule has 5 atom stereocenters. The quantitative estimate of drug-likeness (QED) is 0.399. The van der Waals surface area contributed by atoms with Gasteiger partial charge in [0.15, 0.2) is 6.10 Å². The third-order valence-electron chi connectivity index (χ3n) is 6.65. The highest BCUT2D eigenvalue weighted by Gasteiger charge is 2.49. The van der Waals surface area contributed by atoms with E-state index in [0.717, 1.165) is 28.0 Å². The van der Waals surface area contributed by atoms with Crippen LogP contribution in [-0.4, -0.2) is 49.1 Å². The third-order valence-corrected chi connectivity index (χ3v) is 8.07. The van der Waals surface area contributed by atoms with Gasteiger partial charge in [0.2, 0.25) is 0 Å². The molecule has 1 saturated heterocycles. The zero-order valence-electron chi connectivity index (χ0n) is 21.7. The number of fused-ring (bicyclic) bond motifs is 1. The van der Waals surface area contributed by atoms with Crippen LogP contribution in [0.25, 0.3) is 0 Å². The van der Waals surface area contributed by atoms with Crippen molar-refractivity contribution in [1.82, 2.24) is 0 Å². The van der Waals surface area contributed by atoms with Crippen LogP contribution in [0.4, 0.5) is 0 Å². The first kappa shape index (κ1) is 27.6. The van der Waals surface area contributed by atoms with Gasteiger partial charge in [0.05, 0.1) is 18.2 Å². The zero-order valence-corrected chi connectivity index (χ0v) is 23.3. The van der Waals surface area contributed by atoms with Gasteiger partial charge >= 0.3 is 11.9 Å². The molecule has 0 saturated carbocycles. The molecule has 0 aromatic heterocycles. The summed E-state index contributed by atoms with van der Waals surface area (Å²) >= 11 is 8.37. The summed E-state index contributed by atoms with van der Waals surface area (Å²) in [6.07, 6.45) is 1.02. The van der Waals surface area contributed by atoms with Crippen LogP contribution in [0.15, 0.2) is 30.3 Å². The van der Waals surface area contributed by atoms with Gasteiger partial charge in [-0.15, -0.1) is 11.8 Å². The monoisotopic (exact) mass is 548 g/mol. The lowest BCUT2D eigenvalue weighted by molar-refractivity contribution is -0.211. The topological polar surface area (TPSA) is 80.3 Å². The van der Waals surface area contributed by atoms with Gasteiger partial charge in [0.25, 0.3) is 0 Å². The van der Waals surface area contributed by atoms with Crippen LogP contribution in [0.3, 0.4) is 0 Å². The molecule has 0 N–H and O–H groups in total. The molecule has 7 nitrogen and oxygen atoms in total. The average molecular weight is 549 g/mol. The van der Waals surface area contributed by atoms with Gasteiger partial charge in [0, 0.05) is 31.7 Å². The molecule has 0 bridgehead atoms. The van der Waals surface area contributed by atoms with E-state index in [2.05, 4.69) is 0 Å². The number of ether oxygens (including phenoxy) is 5. The molecule has 4 rings (SSSR count). The third kappa shape index (κ3) is 6.02. The molecule has 200 valence electrons. The Morgan fingerprint density at radius 3 is 2.41 bits per heavy atom. The van der Waals surface area contributed by atoms with Crippen LogP contribution in [0, 0.1) is 5.92 Å². The Morgan fingerprint density at radius 1 is 1.11 bits per heavy atom. The molecule has 0 unspecified atom stereocenters. The van der Waals surface area contributed by atoms with E-state index in [1.807, 2.05) is 50.4 Å². The van der Waals surface area contributed by atoms with E-state index in [0.29, 0.717) is 36.8 Å². The summed E-state index contributed by atoms with van der Waals surface area (Å²) in [6, 6.07) is 9.91. The second kappa shape index (κ2) is 12.0. The van der Waals surface area contributed by atoms with Gasteiger partial charge in [-0.1, -0.05) is 36.7 Å². The van der Waals surface area contributed by atoms with Gasteiger partial charge < -0.3 is 23.7 Å². The number of hydrogen-bond acceptors (Lipinski definition) is 8. The summed E-state index contributed by atoms with van der Waals surface area (Å²) in [5.74, 6) is 0.342. The Labute approximate surface area is 227 Å². The van der Waals surface area contributed by atoms with E-state index in [1.54, 1.807) is 0 Å². The lowest BCUT2D eigenvalue weighted by Crippen LogP contribution is -2.52. The largest absolute Gasteiger partial charge is 0.494 e. The van der Waals surface area contributed by atoms with Crippen molar-refractivity contribution >= 4 is 35.3 Å². The Kier molecular flexibility index (Phi) is 8.93. The number of rotatable bonds is 8. The van der Waals surface area contributed by atoms with Gasteiger partial charge in [-0.25, -0.2) is 0 Å². The van der Waals surface area contributed by atoms with E-state index in [1.165, 1.54) is 25.6 Å². The van der Waals surface area contributed by atoms with Crippen molar-refractivity contribution in [3.05, 3.63) is 57.6 Å². The maximum Gasteiger partial charge on any atom is 0.303 e. The predicted molar refractivity (Wildman–Crippen MR) is 142 cm³/mol. The van der Waals surface area contributed by atoms with Crippen LogP contribution >= 0.6 is 23.4 Å². The molecule has 0 amide bonds. The molecule has 0 aliphatic carbocycles. The minimum atomic E-state index is -0.816. The fourth-order valence-electron chi connectivity index (χ4n) is 5.06. The normalized spacial score (nSPS) is 24.6. The second-order valence-corrected chi connectivity index (χ2v) is 10.6. The molecule has 1 fully saturated rings. The molecule has 2 heterocycles. The van der Waals surface area contributed by atoms with E-state index in [4.69, 9.17) is 35.3 Å². The van der Waals surface area contributed by atoms with Crippen LogP contribution in [-0.2, 0) is 36.6 Å². The molecule has 2 aliphatic heterocycles. The number of benzene rings is 2. The van der Waals surface area contributed by atoms with Crippen LogP contribution in [0.1, 0.15) is 56.1 Å². The minimum absolute atomic E-state index is 0.195. The lowest BCUT2D eigenvalue weighted by atomic mass is 9.86. The highest BCUT2D eigenvalue weighted by molar-refractivity contribution is 7.99. The Bertz CT molecular complexity index is 1140. The van der Waals surface area contributed by atoms with Crippen LogP contribution in [0.5, 0.6) is 11.5 Å². The van der Waals surface area contributed by atoms with Crippen molar-refractivity contribution in [2.75, 3.05) is 19.5 Å². The van der Waals surface area contributed by atoms with Crippen LogP contribution < -0.4 is 9.47 Å². The number of hydrogen-bond donors (Lipinski definition) is 0. The summed E-state index contributed by atoms with van der Waals surface area (Å²) in [5.41, 5.74) is 3.42. The fraction of sp³-hybridized carbons (Fsp3) is 0.500. The highest BCUT2D eigenvalue weighted by atomic mass is 35.5. The molecule has 2 aromatic rings. The summed E-state index contributed by atoms with van der Waals surface area (Å²) in [5, 5.41) is 0.566. The highest BCUT2D eigenvalue weighted by Crippen LogP contribution is 2.47. The maximum atomic E-state index is 12.2. The second-order valence-electron chi connectivity index (χ2n) is 9.27. The number of carbonyl (C=O) groups excluding carboxylic acids is 2. The van der Waals surface area contributed by atoms with Crippen molar-refractivity contribution < 1.29 is 33.3 Å². The number of thioether (sulfide) groups is 1. The van der Waals surface area contributed by atoms with E-state index < -0.39 is 30.3 Å². The van der Waals surface area contributed by atoms with Gasteiger partial charge in [-0.05, 0) is 48.4 Å². The zero-order chi connectivity index (χ0) is 26.7. The van der Waals surface area contributed by atoms with Crippen molar-refractivity contribution in [1.29, 1.82) is 0 Å². The predicted octanol–water partition coefficient (Wildman–Crippen LogP) is 5.52. The summed E-state index contributed by atoms with van der Waals surface area (Å²) < 4.78 is 29.6. The molecule has 2 aliphatic rings. The maximum absolute atomic E-state index is 12.2. The first-order valence-electron chi connectivity index (χ1n) is 12.4. The SMILES string of the molecule is CCOc1ccc(Cc2cc([C@@H]3O[C@H](SC)[C@@H](C)[C@H](OC(C)=O)[C@H]3OC(C)=O)c3c(c2Cl)OCC3)cc1. The molecule has 37 heavy (non-hydrogen) atoms. The Balaban J connectivity index is 1.77. The van der Waals surface area contributed by atoms with E-state index in [-0.39, 0.29) is 11.4 Å². The molecule has 2 aromatic carbocycles. The van der Waals surface area contributed by atoms with Crippen LogP contribution in [0.2, 0.25) is 5.02 Å². The molecule has 0 radical (unpaired) electrons. The van der Waals surface area contributed by atoms with Gasteiger partial charge in [-0.2, -0.15) is 0 Å². The fourth-order valence-corrected chi connectivity index (χ4v) is 6.17. The lowest BCUT2D eigenvalue weighted by Gasteiger charge is -2.44. The van der Waals surface area contributed by atoms with E-state index >= 15 is 0 Å². The van der Waals surface area contributed by atoms with Crippen molar-refractivity contribution in [2.24, 2.45) is 5.92 Å². The average Bonchev–Trinajstić information content (AvgIpc) is 3.35. The van der Waals surface area contributed by atoms with E-state index in [9.17, 15) is 9.59 Å². The smallest absolute Gasteiger partial charge is 0.303 e. The Hall–Kier alpha value is -2.42. The molecular formula is C28H33ClO7S. The Morgan fingerprint density at radius 2 is 1.78 bits per heavy atom. The standard InChI is InChI=1S/C28H33ClO7S/c1-6-32-20-9-7-18(8-10-20)13-19-14-22(21-11-12-33-25(21)23(19)29)26-27(35-17(4)31)24(34-16(3)30)15(2)28(36-26)37-5/h7-10,14-15,24,26-28H,6,11-13H2,1-5H3/t15-,24-,26-,27+,28+/m0/s1. The molecule has 0 spiro atoms. The minimum Gasteiger partial charge on any atom is -0.494 e. The summed E-state index contributed by atoms with van der Waals surface area (Å²) in [7, 11) is 0.